The summed E-state index contributed by atoms with van der Waals surface area (Å²) in [7, 11) is 0. The van der Waals surface area contributed by atoms with E-state index in [9.17, 15) is 9.59 Å². The van der Waals surface area contributed by atoms with Crippen molar-refractivity contribution in [1.29, 1.82) is 0 Å². The van der Waals surface area contributed by atoms with E-state index in [1.54, 1.807) is 32.9 Å². The van der Waals surface area contributed by atoms with Gasteiger partial charge < -0.3 is 9.47 Å². The lowest BCUT2D eigenvalue weighted by Crippen LogP contribution is -2.16. The van der Waals surface area contributed by atoms with Crippen LogP contribution in [0.15, 0.2) is 24.3 Å². The molecule has 0 N–H and O–H groups in total. The minimum absolute atomic E-state index is 0.244. The van der Waals surface area contributed by atoms with Crippen LogP contribution in [-0.2, 0) is 19.1 Å². The zero-order chi connectivity index (χ0) is 12.4. The van der Waals surface area contributed by atoms with Gasteiger partial charge in [-0.2, -0.15) is 0 Å². The van der Waals surface area contributed by atoms with Crippen LogP contribution in [0.4, 0.5) is 0 Å². The highest BCUT2D eigenvalue weighted by Gasteiger charge is 2.07. The molecule has 4 nitrogen and oxygen atoms in total. The van der Waals surface area contributed by atoms with E-state index in [0.717, 1.165) is 0 Å². The van der Waals surface area contributed by atoms with Crippen molar-refractivity contribution in [3.63, 3.8) is 0 Å². The smallest absolute Gasteiger partial charge is 0.330 e. The Bertz CT molecular complexity index is 279. The Kier molecular flexibility index (Phi) is 7.85. The van der Waals surface area contributed by atoms with Crippen LogP contribution in [0.3, 0.4) is 0 Å². The Balaban J connectivity index is 3.69. The molecule has 0 heterocycles. The van der Waals surface area contributed by atoms with E-state index < -0.39 is 0 Å². The molecule has 0 aliphatic heterocycles. The molecular formula is C12H18O4. The first-order valence-electron chi connectivity index (χ1n) is 5.23. The van der Waals surface area contributed by atoms with Crippen molar-refractivity contribution in [2.75, 3.05) is 6.61 Å². The zero-order valence-corrected chi connectivity index (χ0v) is 9.93. The minimum Gasteiger partial charge on any atom is -0.462 e. The van der Waals surface area contributed by atoms with E-state index in [4.69, 9.17) is 9.47 Å². The molecule has 4 heteroatoms. The fourth-order valence-corrected chi connectivity index (χ4v) is 0.942. The Morgan fingerprint density at radius 1 is 1.12 bits per heavy atom. The number of hydrogen-bond acceptors (Lipinski definition) is 4. The van der Waals surface area contributed by atoms with Crippen LogP contribution in [0.2, 0.25) is 0 Å². The summed E-state index contributed by atoms with van der Waals surface area (Å²) in [6.45, 7) is 5.48. The van der Waals surface area contributed by atoms with Crippen LogP contribution >= 0.6 is 0 Å². The van der Waals surface area contributed by atoms with Crippen molar-refractivity contribution < 1.29 is 19.1 Å². The van der Waals surface area contributed by atoms with E-state index in [0.29, 0.717) is 6.42 Å². The van der Waals surface area contributed by atoms with Gasteiger partial charge in [0.2, 0.25) is 0 Å². The first-order valence-corrected chi connectivity index (χ1v) is 5.23. The van der Waals surface area contributed by atoms with Gasteiger partial charge in [0.05, 0.1) is 6.61 Å². The number of rotatable bonds is 6. The van der Waals surface area contributed by atoms with Crippen molar-refractivity contribution >= 4 is 11.9 Å². The lowest BCUT2D eigenvalue weighted by Gasteiger charge is -2.11. The molecule has 0 radical (unpaired) electrons. The number of carbonyl (C=O) groups excluding carboxylic acids is 2. The molecule has 0 saturated heterocycles. The molecule has 0 rings (SSSR count). The monoisotopic (exact) mass is 226 g/mol. The minimum atomic E-state index is -0.380. The molecule has 0 bridgehead atoms. The fourth-order valence-electron chi connectivity index (χ4n) is 0.942. The van der Waals surface area contributed by atoms with Crippen LogP contribution in [-0.4, -0.2) is 24.6 Å². The van der Waals surface area contributed by atoms with E-state index in [1.807, 2.05) is 0 Å². The average Bonchev–Trinajstić information content (AvgIpc) is 2.18. The average molecular weight is 226 g/mol. The van der Waals surface area contributed by atoms with Crippen molar-refractivity contribution in [2.24, 2.45) is 0 Å². The Morgan fingerprint density at radius 2 is 1.69 bits per heavy atom. The molecule has 0 amide bonds. The van der Waals surface area contributed by atoms with Gasteiger partial charge in [0.15, 0.2) is 0 Å². The molecule has 16 heavy (non-hydrogen) atoms. The predicted octanol–water partition coefficient (Wildman–Crippen LogP) is 2.00. The maximum Gasteiger partial charge on any atom is 0.330 e. The van der Waals surface area contributed by atoms with Crippen LogP contribution in [0.25, 0.3) is 0 Å². The summed E-state index contributed by atoms with van der Waals surface area (Å²) in [6, 6.07) is 0. The van der Waals surface area contributed by atoms with Crippen molar-refractivity contribution in [3.8, 4) is 0 Å². The summed E-state index contributed by atoms with van der Waals surface area (Å²) >= 11 is 0. The highest BCUT2D eigenvalue weighted by molar-refractivity contribution is 5.82. The summed E-state index contributed by atoms with van der Waals surface area (Å²) in [5.41, 5.74) is 0. The summed E-state index contributed by atoms with van der Waals surface area (Å²) in [4.78, 5) is 21.9. The van der Waals surface area contributed by atoms with Gasteiger partial charge in [0.1, 0.15) is 6.10 Å². The summed E-state index contributed by atoms with van der Waals surface area (Å²) in [6.07, 6.45) is 6.15. The number of ether oxygens (including phenoxy) is 2. The molecule has 0 saturated carbocycles. The zero-order valence-electron chi connectivity index (χ0n) is 9.93. The maximum absolute atomic E-state index is 11.0. The van der Waals surface area contributed by atoms with Crippen molar-refractivity contribution in [3.05, 3.63) is 24.3 Å². The number of hydrogen-bond donors (Lipinski definition) is 0. The van der Waals surface area contributed by atoms with E-state index >= 15 is 0 Å². The van der Waals surface area contributed by atoms with Gasteiger partial charge in [-0.3, -0.25) is 0 Å². The second-order valence-electron chi connectivity index (χ2n) is 3.20. The quantitative estimate of drug-likeness (QED) is 0.513. The van der Waals surface area contributed by atoms with Gasteiger partial charge in [-0.25, -0.2) is 9.59 Å². The van der Waals surface area contributed by atoms with Crippen molar-refractivity contribution in [2.45, 2.75) is 33.3 Å². The summed E-state index contributed by atoms with van der Waals surface area (Å²) < 4.78 is 9.86. The Hall–Kier alpha value is -1.58. The third-order valence-corrected chi connectivity index (χ3v) is 1.69. The third-order valence-electron chi connectivity index (χ3n) is 1.69. The summed E-state index contributed by atoms with van der Waals surface area (Å²) in [5.74, 6) is -0.760. The number of allylic oxidation sites excluding steroid dienone is 2. The SMILES string of the molecule is C/C=C\C(=O)O[C@H](C)CCOC(=O)/C=C/C. The molecule has 0 aromatic heterocycles. The first-order chi connectivity index (χ1) is 7.60. The molecule has 0 aromatic carbocycles. The van der Waals surface area contributed by atoms with Crippen LogP contribution < -0.4 is 0 Å². The van der Waals surface area contributed by atoms with E-state index in [-0.39, 0.29) is 24.6 Å². The molecule has 0 unspecified atom stereocenters. The van der Waals surface area contributed by atoms with Gasteiger partial charge in [-0.05, 0) is 20.8 Å². The van der Waals surface area contributed by atoms with Gasteiger partial charge in [0, 0.05) is 18.6 Å². The Morgan fingerprint density at radius 3 is 2.25 bits per heavy atom. The normalized spacial score (nSPS) is 12.9. The first kappa shape index (κ1) is 14.4. The van der Waals surface area contributed by atoms with Crippen LogP contribution in [0.5, 0.6) is 0 Å². The van der Waals surface area contributed by atoms with Crippen molar-refractivity contribution in [1.82, 2.24) is 0 Å². The van der Waals surface area contributed by atoms with Gasteiger partial charge in [-0.15, -0.1) is 0 Å². The molecule has 0 spiro atoms. The van der Waals surface area contributed by atoms with E-state index in [2.05, 4.69) is 0 Å². The standard InChI is InChI=1S/C12H18O4/c1-4-6-11(13)15-9-8-10(3)16-12(14)7-5-2/h4-7,10H,8-9H2,1-3H3/b6-4+,7-5-/t10-/m1/s1. The molecule has 0 aliphatic carbocycles. The second-order valence-corrected chi connectivity index (χ2v) is 3.20. The second kappa shape index (κ2) is 8.71. The molecule has 0 aliphatic rings. The summed E-state index contributed by atoms with van der Waals surface area (Å²) in [5, 5.41) is 0. The maximum atomic E-state index is 11.0. The molecule has 90 valence electrons. The molecular weight excluding hydrogens is 208 g/mol. The largest absolute Gasteiger partial charge is 0.462 e. The topological polar surface area (TPSA) is 52.6 Å². The predicted molar refractivity (Wildman–Crippen MR) is 60.8 cm³/mol. The van der Waals surface area contributed by atoms with Gasteiger partial charge >= 0.3 is 11.9 Å². The molecule has 0 aromatic rings. The van der Waals surface area contributed by atoms with Crippen LogP contribution in [0.1, 0.15) is 27.2 Å². The van der Waals surface area contributed by atoms with Gasteiger partial charge in [0.25, 0.3) is 0 Å². The number of carbonyl (C=O) groups is 2. The third kappa shape index (κ3) is 7.79. The molecule has 1 atom stereocenters. The van der Waals surface area contributed by atoms with Crippen LogP contribution in [0, 0.1) is 0 Å². The van der Waals surface area contributed by atoms with E-state index in [1.165, 1.54) is 12.2 Å². The lowest BCUT2D eigenvalue weighted by atomic mass is 10.3. The number of esters is 2. The molecule has 0 fully saturated rings. The fraction of sp³-hybridized carbons (Fsp3) is 0.500. The highest BCUT2D eigenvalue weighted by Crippen LogP contribution is 1.99. The van der Waals surface area contributed by atoms with Gasteiger partial charge in [-0.1, -0.05) is 12.2 Å². The lowest BCUT2D eigenvalue weighted by molar-refractivity contribution is -0.144. The Labute approximate surface area is 95.9 Å². The highest BCUT2D eigenvalue weighted by atomic mass is 16.6.